The van der Waals surface area contributed by atoms with E-state index in [1.54, 1.807) is 0 Å². The van der Waals surface area contributed by atoms with Crippen molar-refractivity contribution in [3.05, 3.63) is 41.9 Å². The number of nitrogens with one attached hydrogen (secondary N) is 2. The molecule has 24 heavy (non-hydrogen) atoms. The van der Waals surface area contributed by atoms with Crippen LogP contribution in [0.1, 0.15) is 43.5 Å². The summed E-state index contributed by atoms with van der Waals surface area (Å²) in [4.78, 5) is 16.8. The number of aromatic amines is 1. The maximum Gasteiger partial charge on any atom is 0.248 e. The molecule has 124 valence electrons. The molecule has 0 saturated heterocycles. The van der Waals surface area contributed by atoms with Gasteiger partial charge in [0.25, 0.3) is 0 Å². The number of amides is 1. The lowest BCUT2D eigenvalue weighted by molar-refractivity contribution is -0.115. The highest BCUT2D eigenvalue weighted by Crippen LogP contribution is 2.34. The molecule has 0 unspecified atom stereocenters. The Morgan fingerprint density at radius 3 is 2.96 bits per heavy atom. The van der Waals surface area contributed by atoms with Gasteiger partial charge in [-0.25, -0.2) is 0 Å². The Morgan fingerprint density at radius 1 is 1.38 bits per heavy atom. The highest BCUT2D eigenvalue weighted by Gasteiger charge is 2.23. The topological polar surface area (TPSA) is 75.6 Å². The van der Waals surface area contributed by atoms with Crippen molar-refractivity contribution in [2.45, 2.75) is 45.1 Å². The second kappa shape index (κ2) is 6.11. The molecule has 0 aliphatic heterocycles. The minimum absolute atomic E-state index is 0.0897. The first-order valence-electron chi connectivity index (χ1n) is 8.53. The van der Waals surface area contributed by atoms with E-state index < -0.39 is 0 Å². The smallest absolute Gasteiger partial charge is 0.248 e. The molecule has 0 atom stereocenters. The lowest BCUT2D eigenvalue weighted by Gasteiger charge is -2.22. The van der Waals surface area contributed by atoms with Crippen molar-refractivity contribution in [2.75, 3.05) is 5.32 Å². The van der Waals surface area contributed by atoms with Crippen LogP contribution in [-0.2, 0) is 17.8 Å². The van der Waals surface area contributed by atoms with Gasteiger partial charge >= 0.3 is 0 Å². The molecule has 0 spiro atoms. The Kier molecular flexibility index (Phi) is 3.80. The number of aromatic nitrogens is 4. The second-order valence-corrected chi connectivity index (χ2v) is 6.35. The summed E-state index contributed by atoms with van der Waals surface area (Å²) in [6, 6.07) is 8.17. The molecule has 2 N–H and O–H groups in total. The minimum Gasteiger partial charge on any atom is -0.347 e. The van der Waals surface area contributed by atoms with Crippen molar-refractivity contribution in [3.63, 3.8) is 0 Å². The van der Waals surface area contributed by atoms with Gasteiger partial charge in [0.15, 0.2) is 0 Å². The van der Waals surface area contributed by atoms with Gasteiger partial charge < -0.3 is 4.57 Å². The molecular weight excluding hydrogens is 302 g/mol. The van der Waals surface area contributed by atoms with E-state index in [2.05, 4.69) is 50.3 Å². The standard InChI is InChI=1S/C18H21N5O/c1-2-23-11-13(14-8-3-4-9-15(14)23)10-16(24)19-18-20-17(21-22-18)12-6-5-7-12/h3-4,8-9,11-12H,2,5-7,10H2,1H3,(H2,19,20,21,22,24). The second-order valence-electron chi connectivity index (χ2n) is 6.35. The van der Waals surface area contributed by atoms with Crippen LogP contribution in [-0.4, -0.2) is 25.7 Å². The van der Waals surface area contributed by atoms with E-state index in [-0.39, 0.29) is 5.91 Å². The first-order valence-corrected chi connectivity index (χ1v) is 8.53. The number of para-hydroxylation sites is 1. The maximum atomic E-state index is 12.4. The number of fused-ring (bicyclic) bond motifs is 1. The summed E-state index contributed by atoms with van der Waals surface area (Å²) in [7, 11) is 0. The fourth-order valence-electron chi connectivity index (χ4n) is 3.26. The van der Waals surface area contributed by atoms with E-state index in [4.69, 9.17) is 0 Å². The number of aryl methyl sites for hydroxylation is 1. The highest BCUT2D eigenvalue weighted by molar-refractivity contribution is 5.94. The zero-order valence-corrected chi connectivity index (χ0v) is 13.7. The molecule has 1 aliphatic rings. The monoisotopic (exact) mass is 323 g/mol. The van der Waals surface area contributed by atoms with Crippen molar-refractivity contribution in [2.24, 2.45) is 0 Å². The fourth-order valence-corrected chi connectivity index (χ4v) is 3.26. The summed E-state index contributed by atoms with van der Waals surface area (Å²) in [6.45, 7) is 2.99. The molecule has 1 aromatic carbocycles. The Labute approximate surface area is 140 Å². The number of H-pyrrole nitrogens is 1. The third-order valence-corrected chi connectivity index (χ3v) is 4.81. The number of carbonyl (C=O) groups is 1. The average molecular weight is 323 g/mol. The first kappa shape index (κ1) is 14.9. The highest BCUT2D eigenvalue weighted by atomic mass is 16.1. The Morgan fingerprint density at radius 2 is 2.21 bits per heavy atom. The van der Waals surface area contributed by atoms with Gasteiger partial charge in [0.2, 0.25) is 11.9 Å². The van der Waals surface area contributed by atoms with Gasteiger partial charge in [0, 0.05) is 29.6 Å². The molecule has 1 aliphatic carbocycles. The predicted molar refractivity (Wildman–Crippen MR) is 92.9 cm³/mol. The van der Waals surface area contributed by atoms with Crippen LogP contribution >= 0.6 is 0 Å². The largest absolute Gasteiger partial charge is 0.347 e. The van der Waals surface area contributed by atoms with E-state index in [1.165, 1.54) is 6.42 Å². The van der Waals surface area contributed by atoms with E-state index in [0.717, 1.165) is 41.7 Å². The normalized spacial score (nSPS) is 14.7. The Bertz CT molecular complexity index is 875. The van der Waals surface area contributed by atoms with E-state index >= 15 is 0 Å². The summed E-state index contributed by atoms with van der Waals surface area (Å²) < 4.78 is 2.17. The molecule has 0 radical (unpaired) electrons. The lowest BCUT2D eigenvalue weighted by atomic mass is 9.85. The zero-order valence-electron chi connectivity index (χ0n) is 13.7. The van der Waals surface area contributed by atoms with Crippen molar-refractivity contribution >= 4 is 22.8 Å². The summed E-state index contributed by atoms with van der Waals surface area (Å²) in [5.41, 5.74) is 2.19. The van der Waals surface area contributed by atoms with Crippen LogP contribution in [0.15, 0.2) is 30.5 Å². The average Bonchev–Trinajstić information content (AvgIpc) is 3.11. The molecular formula is C18H21N5O. The molecule has 1 amide bonds. The van der Waals surface area contributed by atoms with Gasteiger partial charge in [-0.1, -0.05) is 24.6 Å². The third-order valence-electron chi connectivity index (χ3n) is 4.81. The fraction of sp³-hybridized carbons (Fsp3) is 0.389. The molecule has 4 rings (SSSR count). The van der Waals surface area contributed by atoms with E-state index in [9.17, 15) is 4.79 Å². The van der Waals surface area contributed by atoms with Crippen LogP contribution in [0.25, 0.3) is 10.9 Å². The Balaban J connectivity index is 1.49. The summed E-state index contributed by atoms with van der Waals surface area (Å²) in [5, 5.41) is 11.0. The van der Waals surface area contributed by atoms with Crippen molar-refractivity contribution in [1.82, 2.24) is 19.7 Å². The molecule has 1 fully saturated rings. The third kappa shape index (κ3) is 2.68. The van der Waals surface area contributed by atoms with Crippen LogP contribution < -0.4 is 5.32 Å². The quantitative estimate of drug-likeness (QED) is 0.757. The van der Waals surface area contributed by atoms with Gasteiger partial charge in [0.05, 0.1) is 6.42 Å². The van der Waals surface area contributed by atoms with Gasteiger partial charge in [-0.2, -0.15) is 4.98 Å². The summed E-state index contributed by atoms with van der Waals surface area (Å²) in [5.74, 6) is 1.65. The number of carbonyl (C=O) groups excluding carboxylic acids is 1. The summed E-state index contributed by atoms with van der Waals surface area (Å²) in [6.07, 6.45) is 5.93. The molecule has 6 nitrogen and oxygen atoms in total. The van der Waals surface area contributed by atoms with Crippen molar-refractivity contribution in [1.29, 1.82) is 0 Å². The lowest BCUT2D eigenvalue weighted by Crippen LogP contribution is -2.15. The predicted octanol–water partition coefficient (Wildman–Crippen LogP) is 3.23. The molecule has 2 aromatic heterocycles. The van der Waals surface area contributed by atoms with Crippen LogP contribution in [0.2, 0.25) is 0 Å². The van der Waals surface area contributed by atoms with Crippen molar-refractivity contribution in [3.8, 4) is 0 Å². The number of benzene rings is 1. The summed E-state index contributed by atoms with van der Waals surface area (Å²) >= 11 is 0. The molecule has 0 bridgehead atoms. The van der Waals surface area contributed by atoms with Gasteiger partial charge in [0.1, 0.15) is 5.82 Å². The number of nitrogens with zero attached hydrogens (tertiary/aromatic N) is 3. The van der Waals surface area contributed by atoms with Crippen molar-refractivity contribution < 1.29 is 4.79 Å². The van der Waals surface area contributed by atoms with E-state index in [0.29, 0.717) is 18.3 Å². The molecule has 3 aromatic rings. The maximum absolute atomic E-state index is 12.4. The first-order chi connectivity index (χ1) is 11.7. The van der Waals surface area contributed by atoms with Gasteiger partial charge in [-0.15, -0.1) is 5.10 Å². The number of hydrogen-bond donors (Lipinski definition) is 2. The number of hydrogen-bond acceptors (Lipinski definition) is 3. The van der Waals surface area contributed by atoms with Crippen LogP contribution in [0.3, 0.4) is 0 Å². The number of anilines is 1. The van der Waals surface area contributed by atoms with Crippen LogP contribution in [0, 0.1) is 0 Å². The van der Waals surface area contributed by atoms with Crippen LogP contribution in [0.4, 0.5) is 5.95 Å². The van der Waals surface area contributed by atoms with E-state index in [1.807, 2.05) is 12.1 Å². The zero-order chi connectivity index (χ0) is 16.5. The van der Waals surface area contributed by atoms with Crippen LogP contribution in [0.5, 0.6) is 0 Å². The molecule has 2 heterocycles. The van der Waals surface area contributed by atoms with Gasteiger partial charge in [-0.05, 0) is 31.4 Å². The molecule has 6 heteroatoms. The van der Waals surface area contributed by atoms with Gasteiger partial charge in [-0.3, -0.25) is 15.2 Å². The number of rotatable bonds is 5. The Hall–Kier alpha value is -2.63. The minimum atomic E-state index is -0.0897. The molecule has 1 saturated carbocycles. The SMILES string of the molecule is CCn1cc(CC(=O)Nc2n[nH]c(C3CCC3)n2)c2ccccc21.